The lowest BCUT2D eigenvalue weighted by atomic mass is 9.94. The Kier molecular flexibility index (Phi) is 7.24. The fourth-order valence-corrected chi connectivity index (χ4v) is 4.21. The second kappa shape index (κ2) is 10.5. The Hall–Kier alpha value is -4.66. The molecule has 1 unspecified atom stereocenters. The van der Waals surface area contributed by atoms with Crippen molar-refractivity contribution in [3.8, 4) is 11.5 Å². The average molecular weight is 505 g/mol. The molecule has 3 aromatic carbocycles. The number of carbonyl (C=O) groups excluding carboxylic acids is 3. The van der Waals surface area contributed by atoms with Crippen molar-refractivity contribution in [3.05, 3.63) is 94.8 Å². The van der Waals surface area contributed by atoms with Gasteiger partial charge in [0.15, 0.2) is 0 Å². The molecule has 0 aliphatic carbocycles. The zero-order chi connectivity index (χ0) is 26.7. The maximum absolute atomic E-state index is 14.1. The second-order valence-corrected chi connectivity index (χ2v) is 8.06. The number of benzene rings is 3. The summed E-state index contributed by atoms with van der Waals surface area (Å²) in [7, 11) is 2.84. The minimum atomic E-state index is -1.10. The van der Waals surface area contributed by atoms with E-state index in [9.17, 15) is 23.9 Å². The van der Waals surface area contributed by atoms with Gasteiger partial charge in [0, 0.05) is 5.69 Å². The van der Waals surface area contributed by atoms with E-state index in [2.05, 4.69) is 0 Å². The Morgan fingerprint density at radius 1 is 1.00 bits per heavy atom. The summed E-state index contributed by atoms with van der Waals surface area (Å²) < 4.78 is 29.7. The number of amides is 1. The van der Waals surface area contributed by atoms with Crippen LogP contribution in [0.15, 0.2) is 72.3 Å². The van der Waals surface area contributed by atoms with Gasteiger partial charge >= 0.3 is 5.97 Å². The second-order valence-electron chi connectivity index (χ2n) is 8.06. The number of aliphatic hydroxyl groups is 1. The third-order valence-electron chi connectivity index (χ3n) is 5.93. The molecule has 3 aromatic rings. The zero-order valence-electron chi connectivity index (χ0n) is 20.4. The number of ether oxygens (including phenoxy) is 3. The Balaban J connectivity index is 1.95. The number of hydrogen-bond acceptors (Lipinski definition) is 7. The lowest BCUT2D eigenvalue weighted by molar-refractivity contribution is -0.132. The van der Waals surface area contributed by atoms with Crippen molar-refractivity contribution in [3.63, 3.8) is 0 Å². The molecule has 1 atom stereocenters. The summed E-state index contributed by atoms with van der Waals surface area (Å²) >= 11 is 0. The van der Waals surface area contributed by atoms with E-state index >= 15 is 0 Å². The predicted octanol–water partition coefficient (Wildman–Crippen LogP) is 4.65. The Bertz CT molecular complexity index is 1400. The predicted molar refractivity (Wildman–Crippen MR) is 133 cm³/mol. The highest BCUT2D eigenvalue weighted by Gasteiger charge is 2.47. The fraction of sp³-hybridized carbons (Fsp3) is 0.179. The standard InChI is InChI=1S/C28H24FNO7/c1-4-37-28(34)17-6-5-7-19(14-17)30-24(16-8-11-20(35-2)12-9-16)23(26(32)27(30)33)25(31)21-15-18(29)10-13-22(21)36-3/h5-15,24,31H,4H2,1-3H3/b25-23+. The molecule has 1 saturated heterocycles. The summed E-state index contributed by atoms with van der Waals surface area (Å²) in [5, 5.41) is 11.3. The molecular weight excluding hydrogens is 481 g/mol. The van der Waals surface area contributed by atoms with Crippen molar-refractivity contribution >= 4 is 29.1 Å². The number of anilines is 1. The molecule has 1 N–H and O–H groups in total. The smallest absolute Gasteiger partial charge is 0.338 e. The van der Waals surface area contributed by atoms with Crippen molar-refractivity contribution < 1.29 is 38.1 Å². The van der Waals surface area contributed by atoms with Gasteiger partial charge in [-0.25, -0.2) is 9.18 Å². The van der Waals surface area contributed by atoms with Gasteiger partial charge in [0.05, 0.1) is 43.6 Å². The van der Waals surface area contributed by atoms with Gasteiger partial charge in [0.25, 0.3) is 11.7 Å². The maximum Gasteiger partial charge on any atom is 0.338 e. The number of methoxy groups -OCH3 is 2. The summed E-state index contributed by atoms with van der Waals surface area (Å²) in [5.41, 5.74) is 0.540. The highest BCUT2D eigenvalue weighted by molar-refractivity contribution is 6.51. The van der Waals surface area contributed by atoms with Crippen molar-refractivity contribution in [1.29, 1.82) is 0 Å². The number of halogens is 1. The van der Waals surface area contributed by atoms with Crippen LogP contribution in [-0.2, 0) is 14.3 Å². The minimum Gasteiger partial charge on any atom is -0.507 e. The molecule has 37 heavy (non-hydrogen) atoms. The Morgan fingerprint density at radius 3 is 2.38 bits per heavy atom. The number of esters is 1. The molecule has 190 valence electrons. The lowest BCUT2D eigenvalue weighted by Crippen LogP contribution is -2.29. The van der Waals surface area contributed by atoms with Crippen LogP contribution in [0.4, 0.5) is 10.1 Å². The van der Waals surface area contributed by atoms with Crippen LogP contribution in [0, 0.1) is 5.82 Å². The SMILES string of the molecule is CCOC(=O)c1cccc(N2C(=O)C(=O)/C(=C(/O)c3cc(F)ccc3OC)C2c2ccc(OC)cc2)c1. The molecule has 4 rings (SSSR count). The van der Waals surface area contributed by atoms with Crippen molar-refractivity contribution in [2.24, 2.45) is 0 Å². The van der Waals surface area contributed by atoms with Gasteiger partial charge in [0.2, 0.25) is 0 Å². The normalized spacial score (nSPS) is 16.5. The van der Waals surface area contributed by atoms with E-state index in [1.165, 1.54) is 37.3 Å². The van der Waals surface area contributed by atoms with Crippen LogP contribution in [0.1, 0.15) is 34.5 Å². The first-order valence-corrected chi connectivity index (χ1v) is 11.4. The number of nitrogens with zero attached hydrogens (tertiary/aromatic N) is 1. The number of ketones is 1. The van der Waals surface area contributed by atoms with Gasteiger partial charge in [-0.3, -0.25) is 14.5 Å². The van der Waals surface area contributed by atoms with E-state index in [0.29, 0.717) is 11.3 Å². The number of Topliss-reactive ketones (excluding diaryl/α,β-unsaturated/α-hetero) is 1. The summed E-state index contributed by atoms with van der Waals surface area (Å²) in [4.78, 5) is 40.2. The van der Waals surface area contributed by atoms with Gasteiger partial charge in [-0.15, -0.1) is 0 Å². The number of rotatable bonds is 7. The summed E-state index contributed by atoms with van der Waals surface area (Å²) in [5.74, 6) is -3.12. The fourth-order valence-electron chi connectivity index (χ4n) is 4.21. The summed E-state index contributed by atoms with van der Waals surface area (Å²) in [6, 6.07) is 15.0. The maximum atomic E-state index is 14.1. The first-order valence-electron chi connectivity index (χ1n) is 11.4. The Morgan fingerprint density at radius 2 is 1.73 bits per heavy atom. The van der Waals surface area contributed by atoms with E-state index < -0.39 is 35.3 Å². The number of carbonyl (C=O) groups is 3. The van der Waals surface area contributed by atoms with Crippen molar-refractivity contribution in [2.75, 3.05) is 25.7 Å². The Labute approximate surface area is 212 Å². The molecule has 8 nitrogen and oxygen atoms in total. The topological polar surface area (TPSA) is 102 Å². The quantitative estimate of drug-likeness (QED) is 0.216. The van der Waals surface area contributed by atoms with Gasteiger partial charge in [-0.2, -0.15) is 0 Å². The molecule has 1 amide bonds. The molecule has 0 radical (unpaired) electrons. The summed E-state index contributed by atoms with van der Waals surface area (Å²) in [6.45, 7) is 1.83. The average Bonchev–Trinajstić information content (AvgIpc) is 3.18. The first-order chi connectivity index (χ1) is 17.8. The molecule has 9 heteroatoms. The van der Waals surface area contributed by atoms with Gasteiger partial charge in [0.1, 0.15) is 23.1 Å². The van der Waals surface area contributed by atoms with Crippen LogP contribution in [0.25, 0.3) is 5.76 Å². The van der Waals surface area contributed by atoms with E-state index in [1.54, 1.807) is 43.3 Å². The van der Waals surface area contributed by atoms with Crippen LogP contribution >= 0.6 is 0 Å². The highest BCUT2D eigenvalue weighted by atomic mass is 19.1. The van der Waals surface area contributed by atoms with Crippen LogP contribution in [0.3, 0.4) is 0 Å². The van der Waals surface area contributed by atoms with Crippen LogP contribution in [0.2, 0.25) is 0 Å². The largest absolute Gasteiger partial charge is 0.507 e. The third-order valence-corrected chi connectivity index (χ3v) is 5.93. The third kappa shape index (κ3) is 4.75. The number of aliphatic hydroxyl groups excluding tert-OH is 1. The molecule has 0 spiro atoms. The lowest BCUT2D eigenvalue weighted by Gasteiger charge is -2.26. The van der Waals surface area contributed by atoms with Crippen LogP contribution in [0.5, 0.6) is 11.5 Å². The van der Waals surface area contributed by atoms with Crippen LogP contribution < -0.4 is 14.4 Å². The first kappa shape index (κ1) is 25.4. The molecule has 0 bridgehead atoms. The number of hydrogen-bond donors (Lipinski definition) is 1. The van der Waals surface area contributed by atoms with Crippen molar-refractivity contribution in [2.45, 2.75) is 13.0 Å². The highest BCUT2D eigenvalue weighted by Crippen LogP contribution is 2.43. The van der Waals surface area contributed by atoms with E-state index in [1.807, 2.05) is 0 Å². The molecular formula is C28H24FNO7. The minimum absolute atomic E-state index is 0.0840. The van der Waals surface area contributed by atoms with E-state index in [4.69, 9.17) is 14.2 Å². The molecule has 1 heterocycles. The molecule has 1 aliphatic rings. The van der Waals surface area contributed by atoms with Gasteiger partial charge in [-0.05, 0) is 61.0 Å². The van der Waals surface area contributed by atoms with E-state index in [-0.39, 0.29) is 34.7 Å². The van der Waals surface area contributed by atoms with Gasteiger partial charge < -0.3 is 19.3 Å². The van der Waals surface area contributed by atoms with Crippen molar-refractivity contribution in [1.82, 2.24) is 0 Å². The summed E-state index contributed by atoms with van der Waals surface area (Å²) in [6.07, 6.45) is 0. The molecule has 1 aliphatic heterocycles. The van der Waals surface area contributed by atoms with Crippen LogP contribution in [-0.4, -0.2) is 43.6 Å². The molecule has 0 aromatic heterocycles. The van der Waals surface area contributed by atoms with Gasteiger partial charge in [-0.1, -0.05) is 18.2 Å². The zero-order valence-corrected chi connectivity index (χ0v) is 20.4. The monoisotopic (exact) mass is 505 g/mol. The molecule has 1 fully saturated rings. The van der Waals surface area contributed by atoms with E-state index in [0.717, 1.165) is 12.1 Å². The molecule has 0 saturated carbocycles.